The minimum atomic E-state index is 0.377. The molecule has 2 saturated heterocycles. The quantitative estimate of drug-likeness (QED) is 0.705. The van der Waals surface area contributed by atoms with Crippen molar-refractivity contribution in [2.75, 3.05) is 32.9 Å². The van der Waals surface area contributed by atoms with Crippen LogP contribution < -0.4 is 5.32 Å². The first kappa shape index (κ1) is 9.44. The molecule has 0 aromatic rings. The van der Waals surface area contributed by atoms with E-state index in [1.54, 1.807) is 0 Å². The summed E-state index contributed by atoms with van der Waals surface area (Å²) in [5, 5.41) is 3.40. The van der Waals surface area contributed by atoms with Crippen molar-refractivity contribution in [3.8, 4) is 0 Å². The van der Waals surface area contributed by atoms with Crippen LogP contribution >= 0.6 is 0 Å². The maximum absolute atomic E-state index is 5.78. The fourth-order valence-corrected chi connectivity index (χ4v) is 1.98. The van der Waals surface area contributed by atoms with E-state index in [0.717, 1.165) is 38.7 Å². The second kappa shape index (κ2) is 4.94. The minimum Gasteiger partial charge on any atom is -0.379 e. The molecule has 3 nitrogen and oxygen atoms in total. The first-order valence-electron chi connectivity index (χ1n) is 5.35. The van der Waals surface area contributed by atoms with Crippen LogP contribution in [0.4, 0.5) is 0 Å². The van der Waals surface area contributed by atoms with Crippen LogP contribution in [0.15, 0.2) is 0 Å². The van der Waals surface area contributed by atoms with Gasteiger partial charge in [0.25, 0.3) is 0 Å². The fraction of sp³-hybridized carbons (Fsp3) is 1.00. The molecule has 2 atom stereocenters. The van der Waals surface area contributed by atoms with Gasteiger partial charge in [-0.2, -0.15) is 0 Å². The highest BCUT2D eigenvalue weighted by atomic mass is 16.5. The molecular weight excluding hydrogens is 166 g/mol. The van der Waals surface area contributed by atoms with Crippen LogP contribution in [-0.4, -0.2) is 39.0 Å². The summed E-state index contributed by atoms with van der Waals surface area (Å²) in [7, 11) is 0. The Balaban J connectivity index is 1.60. The number of hydrogen-bond acceptors (Lipinski definition) is 3. The number of piperidine rings is 1. The monoisotopic (exact) mass is 185 g/mol. The average Bonchev–Trinajstić information content (AvgIpc) is 2.69. The van der Waals surface area contributed by atoms with Gasteiger partial charge in [-0.3, -0.25) is 0 Å². The Morgan fingerprint density at radius 1 is 1.38 bits per heavy atom. The molecule has 2 rings (SSSR count). The van der Waals surface area contributed by atoms with Gasteiger partial charge in [-0.05, 0) is 31.7 Å². The predicted molar refractivity (Wildman–Crippen MR) is 50.8 cm³/mol. The van der Waals surface area contributed by atoms with E-state index in [9.17, 15) is 0 Å². The van der Waals surface area contributed by atoms with E-state index in [0.29, 0.717) is 6.10 Å². The second-order valence-corrected chi connectivity index (χ2v) is 4.03. The Morgan fingerprint density at radius 3 is 3.08 bits per heavy atom. The summed E-state index contributed by atoms with van der Waals surface area (Å²) in [6.45, 7) is 4.92. The molecule has 0 aromatic carbocycles. The van der Waals surface area contributed by atoms with Gasteiger partial charge in [0.1, 0.15) is 0 Å². The van der Waals surface area contributed by atoms with Crippen molar-refractivity contribution in [2.45, 2.75) is 25.4 Å². The number of ether oxygens (including phenoxy) is 2. The average molecular weight is 185 g/mol. The summed E-state index contributed by atoms with van der Waals surface area (Å²) in [4.78, 5) is 0. The smallest absolute Gasteiger partial charge is 0.0830 e. The summed E-state index contributed by atoms with van der Waals surface area (Å²) >= 11 is 0. The van der Waals surface area contributed by atoms with E-state index in [1.165, 1.54) is 19.4 Å². The van der Waals surface area contributed by atoms with Gasteiger partial charge in [-0.15, -0.1) is 0 Å². The third kappa shape index (κ3) is 2.93. The standard InChI is InChI=1S/C10H19NO2/c1-2-9(6-11-4-1)7-13-10-3-5-12-8-10/h9-11H,1-8H2. The van der Waals surface area contributed by atoms with Crippen LogP contribution in [0.3, 0.4) is 0 Å². The van der Waals surface area contributed by atoms with Crippen molar-refractivity contribution >= 4 is 0 Å². The molecule has 3 heteroatoms. The molecule has 2 aliphatic heterocycles. The molecular formula is C10H19NO2. The molecule has 2 aliphatic rings. The third-order valence-electron chi connectivity index (χ3n) is 2.85. The van der Waals surface area contributed by atoms with Gasteiger partial charge in [-0.25, -0.2) is 0 Å². The fourth-order valence-electron chi connectivity index (χ4n) is 1.98. The highest BCUT2D eigenvalue weighted by Crippen LogP contribution is 2.14. The number of rotatable bonds is 3. The van der Waals surface area contributed by atoms with Crippen LogP contribution in [-0.2, 0) is 9.47 Å². The van der Waals surface area contributed by atoms with Crippen molar-refractivity contribution < 1.29 is 9.47 Å². The Morgan fingerprint density at radius 2 is 2.38 bits per heavy atom. The topological polar surface area (TPSA) is 30.5 Å². The van der Waals surface area contributed by atoms with E-state index in [2.05, 4.69) is 5.32 Å². The first-order chi connectivity index (χ1) is 6.45. The van der Waals surface area contributed by atoms with Gasteiger partial charge < -0.3 is 14.8 Å². The lowest BCUT2D eigenvalue weighted by molar-refractivity contribution is 0.0175. The molecule has 1 N–H and O–H groups in total. The van der Waals surface area contributed by atoms with Crippen LogP contribution in [0.1, 0.15) is 19.3 Å². The molecule has 0 spiro atoms. The van der Waals surface area contributed by atoms with Crippen LogP contribution in [0.2, 0.25) is 0 Å². The van der Waals surface area contributed by atoms with Crippen molar-refractivity contribution in [2.24, 2.45) is 5.92 Å². The summed E-state index contributed by atoms with van der Waals surface area (Å²) in [6, 6.07) is 0. The molecule has 0 amide bonds. The van der Waals surface area contributed by atoms with Crippen LogP contribution in [0.5, 0.6) is 0 Å². The molecule has 76 valence electrons. The molecule has 2 fully saturated rings. The summed E-state index contributed by atoms with van der Waals surface area (Å²) < 4.78 is 11.0. The van der Waals surface area contributed by atoms with Gasteiger partial charge in [0.2, 0.25) is 0 Å². The molecule has 0 radical (unpaired) electrons. The Hall–Kier alpha value is -0.120. The summed E-state index contributed by atoms with van der Waals surface area (Å²) in [5.41, 5.74) is 0. The van der Waals surface area contributed by atoms with E-state index in [1.807, 2.05) is 0 Å². The molecule has 2 unspecified atom stereocenters. The molecule has 0 aliphatic carbocycles. The highest BCUT2D eigenvalue weighted by Gasteiger charge is 2.19. The molecule has 0 aromatic heterocycles. The van der Waals surface area contributed by atoms with Gasteiger partial charge in [0, 0.05) is 13.2 Å². The number of nitrogens with one attached hydrogen (secondary N) is 1. The minimum absolute atomic E-state index is 0.377. The van der Waals surface area contributed by atoms with Crippen LogP contribution in [0.25, 0.3) is 0 Å². The third-order valence-corrected chi connectivity index (χ3v) is 2.85. The zero-order valence-electron chi connectivity index (χ0n) is 8.13. The molecule has 13 heavy (non-hydrogen) atoms. The van der Waals surface area contributed by atoms with Gasteiger partial charge in [0.05, 0.1) is 19.3 Å². The molecule has 0 bridgehead atoms. The molecule has 0 saturated carbocycles. The Bertz CT molecular complexity index is 140. The Labute approximate surface area is 79.8 Å². The van der Waals surface area contributed by atoms with E-state index in [-0.39, 0.29) is 0 Å². The van der Waals surface area contributed by atoms with E-state index < -0.39 is 0 Å². The largest absolute Gasteiger partial charge is 0.379 e. The van der Waals surface area contributed by atoms with Crippen molar-refractivity contribution in [1.29, 1.82) is 0 Å². The maximum Gasteiger partial charge on any atom is 0.0830 e. The lowest BCUT2D eigenvalue weighted by Gasteiger charge is -2.23. The second-order valence-electron chi connectivity index (χ2n) is 4.03. The first-order valence-corrected chi connectivity index (χ1v) is 5.35. The number of hydrogen-bond donors (Lipinski definition) is 1. The maximum atomic E-state index is 5.78. The van der Waals surface area contributed by atoms with E-state index in [4.69, 9.17) is 9.47 Å². The normalized spacial score (nSPS) is 35.1. The lowest BCUT2D eigenvalue weighted by Crippen LogP contribution is -2.33. The van der Waals surface area contributed by atoms with Gasteiger partial charge in [-0.1, -0.05) is 0 Å². The summed E-state index contributed by atoms with van der Waals surface area (Å²) in [5.74, 6) is 0.731. The van der Waals surface area contributed by atoms with Gasteiger partial charge in [0.15, 0.2) is 0 Å². The molecule has 2 heterocycles. The van der Waals surface area contributed by atoms with Crippen molar-refractivity contribution in [3.63, 3.8) is 0 Å². The highest BCUT2D eigenvalue weighted by molar-refractivity contribution is 4.70. The zero-order valence-corrected chi connectivity index (χ0v) is 8.13. The summed E-state index contributed by atoms with van der Waals surface area (Å²) in [6.07, 6.45) is 4.08. The van der Waals surface area contributed by atoms with Crippen LogP contribution in [0, 0.1) is 5.92 Å². The Kier molecular flexibility index (Phi) is 3.58. The van der Waals surface area contributed by atoms with E-state index >= 15 is 0 Å². The lowest BCUT2D eigenvalue weighted by atomic mass is 10.0. The zero-order chi connectivity index (χ0) is 8.93. The van der Waals surface area contributed by atoms with Gasteiger partial charge >= 0.3 is 0 Å². The predicted octanol–water partition coefficient (Wildman–Crippen LogP) is 0.791. The SMILES string of the molecule is C1CNCC(COC2CCOC2)C1. The van der Waals surface area contributed by atoms with Crippen molar-refractivity contribution in [3.05, 3.63) is 0 Å². The van der Waals surface area contributed by atoms with Crippen molar-refractivity contribution in [1.82, 2.24) is 5.32 Å².